The van der Waals surface area contributed by atoms with Gasteiger partial charge in [0.1, 0.15) is 5.60 Å². The van der Waals surface area contributed by atoms with E-state index in [1.54, 1.807) is 21.6 Å². The van der Waals surface area contributed by atoms with Gasteiger partial charge >= 0.3 is 0 Å². The summed E-state index contributed by atoms with van der Waals surface area (Å²) in [5.41, 5.74) is -0.369. The molecule has 1 saturated carbocycles. The Balaban J connectivity index is 1.66. The minimum atomic E-state index is -1.23. The second kappa shape index (κ2) is 6.78. The predicted octanol–water partition coefficient (Wildman–Crippen LogP) is 0.776. The van der Waals surface area contributed by atoms with Crippen molar-refractivity contribution < 1.29 is 14.7 Å². The first-order chi connectivity index (χ1) is 12.9. The number of aliphatic hydroxyl groups is 1. The minimum absolute atomic E-state index is 0.0632. The highest BCUT2D eigenvalue weighted by molar-refractivity contribution is 5.85. The molecule has 3 atom stereocenters. The van der Waals surface area contributed by atoms with Crippen molar-refractivity contribution in [3.05, 3.63) is 34.2 Å². The number of piperidine rings is 1. The number of nitrogens with zero attached hydrogens (tertiary/aromatic N) is 2. The SMILES string of the molecule is CC(=O)NC[C@H]1[C@H]2C[C@H](CN(C(=O)C3(O)CCCC3)C2)c2cccc(=O)n21. The van der Waals surface area contributed by atoms with E-state index in [2.05, 4.69) is 5.32 Å². The number of carbonyl (C=O) groups is 2. The molecule has 2 bridgehead atoms. The second-order valence-corrected chi connectivity index (χ2v) is 8.30. The van der Waals surface area contributed by atoms with Crippen LogP contribution in [-0.4, -0.2) is 51.6 Å². The molecular weight excluding hydrogens is 346 g/mol. The molecule has 2 fully saturated rings. The largest absolute Gasteiger partial charge is 0.380 e. The fourth-order valence-corrected chi connectivity index (χ4v) is 5.19. The quantitative estimate of drug-likeness (QED) is 0.819. The van der Waals surface area contributed by atoms with E-state index in [1.165, 1.54) is 6.92 Å². The van der Waals surface area contributed by atoms with Crippen molar-refractivity contribution in [2.75, 3.05) is 19.6 Å². The van der Waals surface area contributed by atoms with Crippen LogP contribution >= 0.6 is 0 Å². The van der Waals surface area contributed by atoms with Gasteiger partial charge in [-0.05, 0) is 44.1 Å². The van der Waals surface area contributed by atoms with Crippen LogP contribution in [0.25, 0.3) is 0 Å². The van der Waals surface area contributed by atoms with Gasteiger partial charge in [-0.25, -0.2) is 0 Å². The Morgan fingerprint density at radius 2 is 2.00 bits per heavy atom. The molecule has 0 radical (unpaired) electrons. The fourth-order valence-electron chi connectivity index (χ4n) is 5.19. The van der Waals surface area contributed by atoms with Crippen LogP contribution in [0.4, 0.5) is 0 Å². The molecule has 1 aromatic rings. The Labute approximate surface area is 158 Å². The molecule has 7 heteroatoms. The van der Waals surface area contributed by atoms with Crippen LogP contribution in [-0.2, 0) is 9.59 Å². The average Bonchev–Trinajstić information content (AvgIpc) is 3.09. The summed E-state index contributed by atoms with van der Waals surface area (Å²) in [5.74, 6) is -0.135. The van der Waals surface area contributed by atoms with Crippen molar-refractivity contribution in [3.63, 3.8) is 0 Å². The fraction of sp³-hybridized carbons (Fsp3) is 0.650. The first-order valence-corrected chi connectivity index (χ1v) is 9.87. The van der Waals surface area contributed by atoms with Gasteiger partial charge in [0.05, 0.1) is 6.04 Å². The number of aromatic nitrogens is 1. The zero-order valence-electron chi connectivity index (χ0n) is 15.7. The summed E-state index contributed by atoms with van der Waals surface area (Å²) >= 11 is 0. The Kier molecular flexibility index (Phi) is 4.58. The molecule has 4 rings (SSSR count). The van der Waals surface area contributed by atoms with Gasteiger partial charge in [0.25, 0.3) is 11.5 Å². The zero-order chi connectivity index (χ0) is 19.2. The molecule has 7 nitrogen and oxygen atoms in total. The number of amides is 2. The van der Waals surface area contributed by atoms with Crippen LogP contribution in [0.15, 0.2) is 23.0 Å². The molecule has 2 amide bonds. The molecule has 0 aromatic carbocycles. The Hall–Kier alpha value is -2.15. The highest BCUT2D eigenvalue weighted by Gasteiger charge is 2.47. The zero-order valence-corrected chi connectivity index (χ0v) is 15.7. The number of hydrogen-bond acceptors (Lipinski definition) is 4. The summed E-state index contributed by atoms with van der Waals surface area (Å²) in [6.07, 6.45) is 3.71. The number of rotatable bonds is 3. The van der Waals surface area contributed by atoms with Crippen molar-refractivity contribution in [1.82, 2.24) is 14.8 Å². The van der Waals surface area contributed by atoms with Gasteiger partial charge < -0.3 is 19.9 Å². The normalized spacial score (nSPS) is 28.5. The molecule has 27 heavy (non-hydrogen) atoms. The minimum Gasteiger partial charge on any atom is -0.380 e. The van der Waals surface area contributed by atoms with E-state index in [1.807, 2.05) is 6.07 Å². The van der Waals surface area contributed by atoms with Crippen LogP contribution in [0.1, 0.15) is 56.7 Å². The van der Waals surface area contributed by atoms with E-state index in [9.17, 15) is 19.5 Å². The molecule has 1 saturated heterocycles. The molecule has 0 spiro atoms. The van der Waals surface area contributed by atoms with Crippen molar-refractivity contribution in [2.45, 2.75) is 56.6 Å². The van der Waals surface area contributed by atoms with Crippen LogP contribution < -0.4 is 10.9 Å². The van der Waals surface area contributed by atoms with E-state index >= 15 is 0 Å². The lowest BCUT2D eigenvalue weighted by molar-refractivity contribution is -0.154. The predicted molar refractivity (Wildman–Crippen MR) is 99.3 cm³/mol. The van der Waals surface area contributed by atoms with Gasteiger partial charge in [-0.2, -0.15) is 0 Å². The highest BCUT2D eigenvalue weighted by Crippen LogP contribution is 2.42. The maximum absolute atomic E-state index is 13.0. The van der Waals surface area contributed by atoms with Gasteiger partial charge in [0.15, 0.2) is 0 Å². The third kappa shape index (κ3) is 3.18. The summed E-state index contributed by atoms with van der Waals surface area (Å²) in [7, 11) is 0. The van der Waals surface area contributed by atoms with Gasteiger partial charge in [-0.1, -0.05) is 6.07 Å². The Morgan fingerprint density at radius 1 is 1.26 bits per heavy atom. The van der Waals surface area contributed by atoms with Crippen LogP contribution in [0.3, 0.4) is 0 Å². The number of fused-ring (bicyclic) bond motifs is 4. The van der Waals surface area contributed by atoms with E-state index < -0.39 is 5.60 Å². The van der Waals surface area contributed by atoms with Gasteiger partial charge in [0.2, 0.25) is 5.91 Å². The third-order valence-electron chi connectivity index (χ3n) is 6.47. The number of nitrogens with one attached hydrogen (secondary N) is 1. The van der Waals surface area contributed by atoms with Crippen LogP contribution in [0, 0.1) is 5.92 Å². The van der Waals surface area contributed by atoms with Crippen molar-refractivity contribution >= 4 is 11.8 Å². The van der Waals surface area contributed by atoms with E-state index in [4.69, 9.17) is 0 Å². The summed E-state index contributed by atoms with van der Waals surface area (Å²) in [4.78, 5) is 38.8. The first kappa shape index (κ1) is 18.2. The Bertz CT molecular complexity index is 812. The number of hydrogen-bond donors (Lipinski definition) is 2. The smallest absolute Gasteiger partial charge is 0.254 e. The molecule has 1 aliphatic carbocycles. The maximum Gasteiger partial charge on any atom is 0.254 e. The van der Waals surface area contributed by atoms with Crippen LogP contribution in [0.2, 0.25) is 0 Å². The van der Waals surface area contributed by atoms with E-state index in [-0.39, 0.29) is 35.3 Å². The molecule has 2 N–H and O–H groups in total. The molecule has 0 unspecified atom stereocenters. The second-order valence-electron chi connectivity index (χ2n) is 8.30. The molecule has 3 aliphatic rings. The standard InChI is InChI=1S/C20H27N3O4/c1-13(24)21-10-17-15-9-14(16-5-4-6-18(25)23(16)17)11-22(12-15)19(26)20(27)7-2-3-8-20/h4-6,14-15,17,27H,2-3,7-12H2,1H3,(H,21,24)/t14-,15+,17+/m1/s1. The lowest BCUT2D eigenvalue weighted by atomic mass is 9.77. The molecule has 2 aliphatic heterocycles. The van der Waals surface area contributed by atoms with Crippen LogP contribution in [0.5, 0.6) is 0 Å². The van der Waals surface area contributed by atoms with E-state index in [0.717, 1.165) is 25.0 Å². The summed E-state index contributed by atoms with van der Waals surface area (Å²) in [6, 6.07) is 5.08. The highest BCUT2D eigenvalue weighted by atomic mass is 16.3. The number of pyridine rings is 1. The van der Waals surface area contributed by atoms with Crippen molar-refractivity contribution in [3.8, 4) is 0 Å². The molecule has 146 valence electrons. The van der Waals surface area contributed by atoms with Gasteiger partial charge in [-0.15, -0.1) is 0 Å². The lowest BCUT2D eigenvalue weighted by Gasteiger charge is -2.48. The summed E-state index contributed by atoms with van der Waals surface area (Å²) in [5, 5.41) is 13.6. The third-order valence-corrected chi connectivity index (χ3v) is 6.47. The lowest BCUT2D eigenvalue weighted by Crippen LogP contribution is -2.57. The summed E-state index contributed by atoms with van der Waals surface area (Å²) in [6.45, 7) is 2.89. The number of likely N-dealkylation sites (tertiary alicyclic amines) is 1. The van der Waals surface area contributed by atoms with E-state index in [0.29, 0.717) is 32.5 Å². The van der Waals surface area contributed by atoms with Gasteiger partial charge in [-0.3, -0.25) is 14.4 Å². The molecule has 3 heterocycles. The molecule has 1 aromatic heterocycles. The number of carbonyl (C=O) groups excluding carboxylic acids is 2. The van der Waals surface area contributed by atoms with Gasteiger partial charge in [0, 0.05) is 44.2 Å². The monoisotopic (exact) mass is 373 g/mol. The first-order valence-electron chi connectivity index (χ1n) is 9.87. The maximum atomic E-state index is 13.0. The average molecular weight is 373 g/mol. The Morgan fingerprint density at radius 3 is 2.70 bits per heavy atom. The summed E-state index contributed by atoms with van der Waals surface area (Å²) < 4.78 is 1.81. The molecular formula is C20H27N3O4. The topological polar surface area (TPSA) is 91.6 Å². The van der Waals surface area contributed by atoms with Crippen molar-refractivity contribution in [2.24, 2.45) is 5.92 Å². The van der Waals surface area contributed by atoms with Crippen molar-refractivity contribution in [1.29, 1.82) is 0 Å².